The van der Waals surface area contributed by atoms with Crippen LogP contribution in [0.3, 0.4) is 0 Å². The number of carbonyl (C=O) groups excluding carboxylic acids is 1. The van der Waals surface area contributed by atoms with Gasteiger partial charge in [-0.15, -0.1) is 0 Å². The first kappa shape index (κ1) is 20.1. The number of furan rings is 1. The van der Waals surface area contributed by atoms with Crippen molar-refractivity contribution in [3.05, 3.63) is 71.1 Å². The molecule has 154 valence electrons. The molecule has 10 heteroatoms. The summed E-state index contributed by atoms with van der Waals surface area (Å²) in [5.41, 5.74) is 0.546. The van der Waals surface area contributed by atoms with Crippen LogP contribution >= 0.6 is 22.9 Å². The van der Waals surface area contributed by atoms with Gasteiger partial charge in [0.15, 0.2) is 10.9 Å². The monoisotopic (exact) mass is 450 g/mol. The fourth-order valence-corrected chi connectivity index (χ4v) is 3.66. The molecule has 0 atom stereocenters. The third-order valence-corrected chi connectivity index (χ3v) is 5.14. The summed E-state index contributed by atoms with van der Waals surface area (Å²) in [6.45, 7) is -2.81. The molecule has 0 radical (unpaired) electrons. The van der Waals surface area contributed by atoms with Crippen molar-refractivity contribution >= 4 is 44.2 Å². The Balaban J connectivity index is 1.41. The third-order valence-electron chi connectivity index (χ3n) is 3.90. The Labute approximate surface area is 178 Å². The molecule has 6 nitrogen and oxygen atoms in total. The Morgan fingerprint density at radius 2 is 2.03 bits per heavy atom. The number of hydrogen-bond donors (Lipinski definition) is 1. The van der Waals surface area contributed by atoms with Crippen LogP contribution in [0.15, 0.2) is 59.0 Å². The molecule has 2 aromatic heterocycles. The average Bonchev–Trinajstić information content (AvgIpc) is 3.33. The highest BCUT2D eigenvalue weighted by atomic mass is 35.5. The molecule has 0 fully saturated rings. The Bertz CT molecular complexity index is 1190. The van der Waals surface area contributed by atoms with Crippen molar-refractivity contribution in [2.45, 2.75) is 13.2 Å². The highest BCUT2D eigenvalue weighted by molar-refractivity contribution is 7.22. The van der Waals surface area contributed by atoms with E-state index in [1.165, 1.54) is 24.3 Å². The molecule has 0 aliphatic heterocycles. The van der Waals surface area contributed by atoms with Gasteiger partial charge in [-0.2, -0.15) is 8.78 Å². The van der Waals surface area contributed by atoms with E-state index in [2.05, 4.69) is 15.0 Å². The molecular formula is C20H13ClF2N2O4S. The lowest BCUT2D eigenvalue weighted by molar-refractivity contribution is -0.0497. The number of ether oxygens (including phenoxy) is 2. The molecular weight excluding hydrogens is 438 g/mol. The van der Waals surface area contributed by atoms with Crippen molar-refractivity contribution in [1.29, 1.82) is 0 Å². The summed E-state index contributed by atoms with van der Waals surface area (Å²) in [6, 6.07) is 14.5. The van der Waals surface area contributed by atoms with E-state index in [1.54, 1.807) is 30.3 Å². The van der Waals surface area contributed by atoms with Crippen LogP contribution in [0.4, 0.5) is 13.9 Å². The minimum absolute atomic E-state index is 0.0215. The van der Waals surface area contributed by atoms with Gasteiger partial charge in [0.25, 0.3) is 5.91 Å². The van der Waals surface area contributed by atoms with Crippen molar-refractivity contribution in [2.24, 2.45) is 0 Å². The van der Waals surface area contributed by atoms with Gasteiger partial charge in [0.1, 0.15) is 23.9 Å². The quantitative estimate of drug-likeness (QED) is 0.375. The van der Waals surface area contributed by atoms with Crippen molar-refractivity contribution in [3.63, 3.8) is 0 Å². The molecule has 0 spiro atoms. The smallest absolute Gasteiger partial charge is 0.387 e. The molecule has 2 heterocycles. The second kappa shape index (κ2) is 8.68. The second-order valence-electron chi connectivity index (χ2n) is 5.97. The zero-order valence-corrected chi connectivity index (χ0v) is 16.7. The van der Waals surface area contributed by atoms with Gasteiger partial charge in [0.05, 0.1) is 15.2 Å². The van der Waals surface area contributed by atoms with Crippen molar-refractivity contribution in [1.82, 2.24) is 4.98 Å². The maximum atomic E-state index is 12.4. The number of rotatable bonds is 7. The van der Waals surface area contributed by atoms with Gasteiger partial charge in [0.2, 0.25) is 0 Å². The van der Waals surface area contributed by atoms with E-state index in [-0.39, 0.29) is 18.1 Å². The molecule has 1 amide bonds. The summed E-state index contributed by atoms with van der Waals surface area (Å²) in [7, 11) is 0. The maximum Gasteiger partial charge on any atom is 0.387 e. The van der Waals surface area contributed by atoms with Crippen LogP contribution < -0.4 is 14.8 Å². The van der Waals surface area contributed by atoms with E-state index < -0.39 is 12.5 Å². The number of carbonyl (C=O) groups is 1. The molecule has 2 aromatic carbocycles. The summed E-state index contributed by atoms with van der Waals surface area (Å²) in [5, 5.41) is 3.40. The largest absolute Gasteiger partial charge is 0.484 e. The number of benzene rings is 2. The van der Waals surface area contributed by atoms with Crippen LogP contribution in [-0.4, -0.2) is 17.5 Å². The fourth-order valence-electron chi connectivity index (χ4n) is 2.58. The number of alkyl halides is 2. The number of fused-ring (bicyclic) bond motifs is 1. The molecule has 0 aliphatic carbocycles. The lowest BCUT2D eigenvalue weighted by Gasteiger charge is -2.05. The number of para-hydroxylation sites is 1. The van der Waals surface area contributed by atoms with Crippen molar-refractivity contribution in [2.75, 3.05) is 5.32 Å². The fraction of sp³-hybridized carbons (Fsp3) is 0.100. The van der Waals surface area contributed by atoms with Crippen LogP contribution in [0.1, 0.15) is 16.3 Å². The molecule has 4 rings (SSSR count). The van der Waals surface area contributed by atoms with Crippen LogP contribution in [0.25, 0.3) is 10.2 Å². The van der Waals surface area contributed by atoms with E-state index in [0.29, 0.717) is 31.9 Å². The normalized spacial score (nSPS) is 11.1. The first-order valence-corrected chi connectivity index (χ1v) is 9.80. The maximum absolute atomic E-state index is 12.4. The Morgan fingerprint density at radius 1 is 1.20 bits per heavy atom. The van der Waals surface area contributed by atoms with Gasteiger partial charge in [0, 0.05) is 0 Å². The van der Waals surface area contributed by atoms with Gasteiger partial charge >= 0.3 is 6.61 Å². The lowest BCUT2D eigenvalue weighted by Crippen LogP contribution is -2.10. The minimum atomic E-state index is -2.91. The number of anilines is 1. The summed E-state index contributed by atoms with van der Waals surface area (Å²) in [6.07, 6.45) is 0. The zero-order chi connectivity index (χ0) is 21.1. The number of nitrogens with zero attached hydrogens (tertiary/aromatic N) is 1. The molecule has 0 unspecified atom stereocenters. The first-order valence-electron chi connectivity index (χ1n) is 8.61. The van der Waals surface area contributed by atoms with Crippen LogP contribution in [0, 0.1) is 0 Å². The predicted octanol–water partition coefficient (Wildman–Crippen LogP) is 5.98. The zero-order valence-electron chi connectivity index (χ0n) is 15.1. The van der Waals surface area contributed by atoms with E-state index in [0.717, 1.165) is 11.3 Å². The Morgan fingerprint density at radius 3 is 2.83 bits per heavy atom. The van der Waals surface area contributed by atoms with Crippen LogP contribution in [-0.2, 0) is 6.61 Å². The number of halogens is 3. The summed E-state index contributed by atoms with van der Waals surface area (Å²) >= 11 is 7.16. The van der Waals surface area contributed by atoms with Crippen LogP contribution in [0.2, 0.25) is 5.02 Å². The van der Waals surface area contributed by atoms with Gasteiger partial charge in [-0.3, -0.25) is 10.1 Å². The highest BCUT2D eigenvalue weighted by Gasteiger charge is 2.15. The Hall–Kier alpha value is -3.17. The van der Waals surface area contributed by atoms with E-state index >= 15 is 0 Å². The van der Waals surface area contributed by atoms with E-state index in [4.69, 9.17) is 20.8 Å². The average molecular weight is 451 g/mol. The number of nitrogens with one attached hydrogen (secondary N) is 1. The molecule has 30 heavy (non-hydrogen) atoms. The third kappa shape index (κ3) is 4.69. The van der Waals surface area contributed by atoms with Gasteiger partial charge in [-0.1, -0.05) is 35.1 Å². The topological polar surface area (TPSA) is 73.6 Å². The molecule has 0 saturated heterocycles. The highest BCUT2D eigenvalue weighted by Crippen LogP contribution is 2.30. The van der Waals surface area contributed by atoms with Crippen LogP contribution in [0.5, 0.6) is 11.5 Å². The number of amides is 1. The summed E-state index contributed by atoms with van der Waals surface area (Å²) < 4.78 is 40.7. The van der Waals surface area contributed by atoms with Crippen molar-refractivity contribution in [3.8, 4) is 11.5 Å². The van der Waals surface area contributed by atoms with Gasteiger partial charge < -0.3 is 13.9 Å². The second-order valence-corrected chi connectivity index (χ2v) is 7.40. The first-order chi connectivity index (χ1) is 14.5. The lowest BCUT2D eigenvalue weighted by atomic mass is 10.3. The molecule has 0 bridgehead atoms. The van der Waals surface area contributed by atoms with E-state index in [9.17, 15) is 13.6 Å². The minimum Gasteiger partial charge on any atom is -0.484 e. The molecule has 0 aliphatic rings. The molecule has 4 aromatic rings. The van der Waals surface area contributed by atoms with Crippen molar-refractivity contribution < 1.29 is 27.5 Å². The predicted molar refractivity (Wildman–Crippen MR) is 109 cm³/mol. The molecule has 0 saturated carbocycles. The number of hydrogen-bond acceptors (Lipinski definition) is 6. The molecule has 1 N–H and O–H groups in total. The Kier molecular flexibility index (Phi) is 5.82. The van der Waals surface area contributed by atoms with Gasteiger partial charge in [-0.25, -0.2) is 4.98 Å². The standard InChI is InChI=1S/C20H13ClF2N2O4S/c21-13-3-1-2-4-15(13)27-10-12-6-8-16(28-12)18(26)25-20-24-14-7-5-11(29-19(22)23)9-17(14)30-20/h1-9,19H,10H2,(H,24,25,26). The number of thiazole rings is 1. The van der Waals surface area contributed by atoms with E-state index in [1.807, 2.05) is 0 Å². The SMILES string of the molecule is O=C(Nc1nc2ccc(OC(F)F)cc2s1)c1ccc(COc2ccccc2Cl)o1. The van der Waals surface area contributed by atoms with Gasteiger partial charge in [-0.05, 0) is 42.5 Å². The number of aromatic nitrogens is 1. The summed E-state index contributed by atoms with van der Waals surface area (Å²) in [5.74, 6) is 0.549. The summed E-state index contributed by atoms with van der Waals surface area (Å²) in [4.78, 5) is 16.7.